The van der Waals surface area contributed by atoms with Crippen LogP contribution in [0.5, 0.6) is 0 Å². The molecule has 0 aromatic heterocycles. The van der Waals surface area contributed by atoms with E-state index in [0.717, 1.165) is 13.2 Å². The minimum atomic E-state index is -0.211. The Labute approximate surface area is 132 Å². The van der Waals surface area contributed by atoms with E-state index in [4.69, 9.17) is 9.84 Å². The summed E-state index contributed by atoms with van der Waals surface area (Å²) in [6.45, 7) is 21.4. The lowest BCUT2D eigenvalue weighted by molar-refractivity contribution is -0.140. The number of hydrogen-bond acceptors (Lipinski definition) is 5. The maximum atomic E-state index is 9.82. The van der Waals surface area contributed by atoms with Crippen LogP contribution in [0.25, 0.3) is 0 Å². The van der Waals surface area contributed by atoms with Crippen LogP contribution in [-0.2, 0) is 14.3 Å². The molecule has 0 unspecified atom stereocenters. The van der Waals surface area contributed by atoms with E-state index in [1.165, 1.54) is 26.6 Å². The van der Waals surface area contributed by atoms with Crippen molar-refractivity contribution < 1.29 is 19.4 Å². The molecule has 1 N–H and O–H groups in total. The SMILES string of the molecule is CCN(CC)CC.CCO.CCOC(C)=O.CCOCC. The van der Waals surface area contributed by atoms with Crippen molar-refractivity contribution in [3.63, 3.8) is 0 Å². The van der Waals surface area contributed by atoms with Gasteiger partial charge in [-0.1, -0.05) is 20.8 Å². The van der Waals surface area contributed by atoms with Gasteiger partial charge in [0.15, 0.2) is 0 Å². The van der Waals surface area contributed by atoms with Crippen molar-refractivity contribution in [2.75, 3.05) is 46.1 Å². The second-order valence-corrected chi connectivity index (χ2v) is 3.64. The quantitative estimate of drug-likeness (QED) is 0.764. The lowest BCUT2D eigenvalue weighted by atomic mass is 10.5. The molecule has 0 aliphatic rings. The molecule has 0 saturated heterocycles. The minimum absolute atomic E-state index is 0.211. The van der Waals surface area contributed by atoms with Crippen molar-refractivity contribution in [2.45, 2.75) is 55.4 Å². The van der Waals surface area contributed by atoms with Crippen LogP contribution in [0.3, 0.4) is 0 Å². The van der Waals surface area contributed by atoms with Crippen LogP contribution in [0, 0.1) is 0 Å². The van der Waals surface area contributed by atoms with E-state index >= 15 is 0 Å². The number of ether oxygens (including phenoxy) is 2. The first-order valence-corrected chi connectivity index (χ1v) is 7.99. The molecule has 0 aromatic rings. The van der Waals surface area contributed by atoms with Crippen LogP contribution >= 0.6 is 0 Å². The van der Waals surface area contributed by atoms with E-state index in [0.29, 0.717) is 6.61 Å². The van der Waals surface area contributed by atoms with Crippen LogP contribution in [-0.4, -0.2) is 62.0 Å². The van der Waals surface area contributed by atoms with Gasteiger partial charge in [0.1, 0.15) is 0 Å². The van der Waals surface area contributed by atoms with Gasteiger partial charge in [0.2, 0.25) is 0 Å². The highest BCUT2D eigenvalue weighted by Crippen LogP contribution is 1.81. The molecule has 0 amide bonds. The summed E-state index contributed by atoms with van der Waals surface area (Å²) in [5.74, 6) is -0.211. The van der Waals surface area contributed by atoms with Crippen molar-refractivity contribution in [1.29, 1.82) is 0 Å². The zero-order valence-corrected chi connectivity index (χ0v) is 15.6. The Bertz CT molecular complexity index is 155. The Morgan fingerprint density at radius 2 is 1.19 bits per heavy atom. The van der Waals surface area contributed by atoms with Crippen molar-refractivity contribution in [3.8, 4) is 0 Å². The van der Waals surface area contributed by atoms with Crippen molar-refractivity contribution in [3.05, 3.63) is 0 Å². The van der Waals surface area contributed by atoms with Crippen molar-refractivity contribution in [1.82, 2.24) is 4.90 Å². The summed E-state index contributed by atoms with van der Waals surface area (Å²) in [5.41, 5.74) is 0. The number of aliphatic hydroxyl groups is 1. The standard InChI is InChI=1S/C6H15N.C4H8O2.C4H10O.C2H6O/c1-4-7(5-2)6-3;1-3-6-4(2)5;1-3-5-4-2;1-2-3/h4-6H2,1-3H3;3H2,1-2H3;3-4H2,1-2H3;3H,2H2,1H3. The van der Waals surface area contributed by atoms with Gasteiger partial charge in [-0.15, -0.1) is 0 Å². The fourth-order valence-electron chi connectivity index (χ4n) is 1.08. The molecule has 0 saturated carbocycles. The second-order valence-electron chi connectivity index (χ2n) is 3.64. The maximum Gasteiger partial charge on any atom is 0.302 e. The third-order valence-corrected chi connectivity index (χ3v) is 2.10. The first-order valence-electron chi connectivity index (χ1n) is 7.99. The van der Waals surface area contributed by atoms with Gasteiger partial charge in [-0.05, 0) is 47.3 Å². The highest BCUT2D eigenvalue weighted by atomic mass is 16.5. The summed E-state index contributed by atoms with van der Waals surface area (Å²) in [7, 11) is 0. The number of carbonyl (C=O) groups excluding carboxylic acids is 1. The average molecular weight is 309 g/mol. The number of rotatable bonds is 6. The molecule has 21 heavy (non-hydrogen) atoms. The second kappa shape index (κ2) is 31.6. The van der Waals surface area contributed by atoms with Gasteiger partial charge in [-0.3, -0.25) is 4.79 Å². The first kappa shape index (κ1) is 28.5. The summed E-state index contributed by atoms with van der Waals surface area (Å²) in [4.78, 5) is 12.2. The topological polar surface area (TPSA) is 59.0 Å². The smallest absolute Gasteiger partial charge is 0.302 e. The highest BCUT2D eigenvalue weighted by molar-refractivity contribution is 5.65. The van der Waals surface area contributed by atoms with Crippen molar-refractivity contribution >= 4 is 5.97 Å². The Morgan fingerprint density at radius 1 is 0.857 bits per heavy atom. The molecular formula is C16H39NO4. The molecule has 0 rings (SSSR count). The van der Waals surface area contributed by atoms with Crippen molar-refractivity contribution in [2.24, 2.45) is 0 Å². The highest BCUT2D eigenvalue weighted by Gasteiger charge is 1.89. The molecule has 0 aliphatic heterocycles. The van der Waals surface area contributed by atoms with Gasteiger partial charge in [0.05, 0.1) is 6.61 Å². The number of carbonyl (C=O) groups is 1. The third-order valence-electron chi connectivity index (χ3n) is 2.10. The molecule has 5 nitrogen and oxygen atoms in total. The monoisotopic (exact) mass is 309 g/mol. The van der Waals surface area contributed by atoms with E-state index < -0.39 is 0 Å². The largest absolute Gasteiger partial charge is 0.466 e. The van der Waals surface area contributed by atoms with E-state index in [-0.39, 0.29) is 12.6 Å². The van der Waals surface area contributed by atoms with Crippen LogP contribution in [0.2, 0.25) is 0 Å². The Kier molecular flexibility index (Phi) is 42.9. The summed E-state index contributed by atoms with van der Waals surface area (Å²) >= 11 is 0. The molecule has 0 atom stereocenters. The van der Waals surface area contributed by atoms with Gasteiger partial charge >= 0.3 is 5.97 Å². The van der Waals surface area contributed by atoms with E-state index in [9.17, 15) is 4.79 Å². The van der Waals surface area contributed by atoms with Gasteiger partial charge in [-0.25, -0.2) is 0 Å². The van der Waals surface area contributed by atoms with E-state index in [2.05, 4.69) is 30.4 Å². The Morgan fingerprint density at radius 3 is 1.19 bits per heavy atom. The predicted octanol–water partition coefficient (Wildman–Crippen LogP) is 2.96. The maximum absolute atomic E-state index is 9.82. The van der Waals surface area contributed by atoms with E-state index in [1.54, 1.807) is 13.8 Å². The van der Waals surface area contributed by atoms with Gasteiger partial charge in [0, 0.05) is 26.7 Å². The summed E-state index contributed by atoms with van der Waals surface area (Å²) in [5, 5.41) is 7.57. The lowest BCUT2D eigenvalue weighted by Gasteiger charge is -2.13. The first-order chi connectivity index (χ1) is 9.94. The molecule has 0 fully saturated rings. The van der Waals surface area contributed by atoms with Crippen LogP contribution in [0.1, 0.15) is 55.4 Å². The van der Waals surface area contributed by atoms with Gasteiger partial charge in [-0.2, -0.15) is 0 Å². The number of nitrogens with zero attached hydrogens (tertiary/aromatic N) is 1. The molecule has 0 bridgehead atoms. The van der Waals surface area contributed by atoms with Crippen LogP contribution < -0.4 is 0 Å². The number of hydrogen-bond donors (Lipinski definition) is 1. The van der Waals surface area contributed by atoms with Crippen LogP contribution in [0.4, 0.5) is 0 Å². The third kappa shape index (κ3) is 54.4. The molecule has 0 aromatic carbocycles. The molecule has 5 heteroatoms. The zero-order valence-electron chi connectivity index (χ0n) is 15.6. The average Bonchev–Trinajstić information content (AvgIpc) is 2.44. The minimum Gasteiger partial charge on any atom is -0.466 e. The van der Waals surface area contributed by atoms with Gasteiger partial charge < -0.3 is 19.5 Å². The molecule has 132 valence electrons. The predicted molar refractivity (Wildman–Crippen MR) is 90.7 cm³/mol. The molecule has 0 heterocycles. The summed E-state index contributed by atoms with van der Waals surface area (Å²) in [6, 6.07) is 0. The number of aliphatic hydroxyl groups excluding tert-OH is 1. The molecular weight excluding hydrogens is 270 g/mol. The fraction of sp³-hybridized carbons (Fsp3) is 0.938. The Hall–Kier alpha value is -0.650. The zero-order chi connectivity index (χ0) is 17.5. The van der Waals surface area contributed by atoms with Gasteiger partial charge in [0.25, 0.3) is 0 Å². The lowest BCUT2D eigenvalue weighted by Crippen LogP contribution is -2.21. The van der Waals surface area contributed by atoms with Crippen LogP contribution in [0.15, 0.2) is 0 Å². The number of esters is 1. The molecule has 0 spiro atoms. The van der Waals surface area contributed by atoms with E-state index in [1.807, 2.05) is 13.8 Å². The Balaban J connectivity index is -0.0000000955. The summed E-state index contributed by atoms with van der Waals surface area (Å²) in [6.07, 6.45) is 0. The normalized spacial score (nSPS) is 8.48. The fourth-order valence-corrected chi connectivity index (χ4v) is 1.08. The molecule has 0 radical (unpaired) electrons. The summed E-state index contributed by atoms with van der Waals surface area (Å²) < 4.78 is 9.24. The molecule has 0 aliphatic carbocycles.